The molecule has 8 rings (SSSR count). The van der Waals surface area contributed by atoms with E-state index in [0.717, 1.165) is 53.5 Å². The average Bonchev–Trinajstić information content (AvgIpc) is 3.75. The van der Waals surface area contributed by atoms with Gasteiger partial charge in [0.15, 0.2) is 11.6 Å². The van der Waals surface area contributed by atoms with Gasteiger partial charge in [0.2, 0.25) is 11.8 Å². The van der Waals surface area contributed by atoms with Crippen LogP contribution in [-0.2, 0) is 27.8 Å². The van der Waals surface area contributed by atoms with Gasteiger partial charge in [-0.25, -0.2) is 0 Å². The van der Waals surface area contributed by atoms with Gasteiger partial charge in [0, 0.05) is 30.0 Å². The van der Waals surface area contributed by atoms with Gasteiger partial charge >= 0.3 is 0 Å². The number of likely N-dealkylation sites (tertiary alicyclic amines) is 1. The van der Waals surface area contributed by atoms with E-state index in [9.17, 15) is 4.79 Å². The molecule has 1 N–H and O–H groups in total. The van der Waals surface area contributed by atoms with Crippen molar-refractivity contribution >= 4 is 28.4 Å². The van der Waals surface area contributed by atoms with Gasteiger partial charge in [0.05, 0.1) is 22.6 Å². The predicted molar refractivity (Wildman–Crippen MR) is 186 cm³/mol. The molecule has 48 heavy (non-hydrogen) atoms. The molecule has 0 aliphatic carbocycles. The number of anilines is 1. The monoisotopic (exact) mass is 635 g/mol. The molecule has 2 unspecified atom stereocenters. The number of amides is 2. The number of carbonyl (C=O) groups is 2. The minimum absolute atomic E-state index is 0.0488. The second-order valence-corrected chi connectivity index (χ2v) is 13.1. The van der Waals surface area contributed by atoms with Crippen LogP contribution in [0.5, 0.6) is 0 Å². The third-order valence-electron chi connectivity index (χ3n) is 9.94. The molecule has 2 aromatic heterocycles. The molecule has 240 valence electrons. The number of H-pyrrole nitrogens is 1. The molecule has 2 aliphatic rings. The molecule has 2 atom stereocenters. The Balaban J connectivity index is 1.24. The highest BCUT2D eigenvalue weighted by atomic mass is 16.2. The van der Waals surface area contributed by atoms with Crippen LogP contribution in [0.4, 0.5) is 5.69 Å². The third kappa shape index (κ3) is 5.15. The summed E-state index contributed by atoms with van der Waals surface area (Å²) in [6, 6.07) is 36.0. The van der Waals surface area contributed by atoms with Gasteiger partial charge in [-0.3, -0.25) is 19.3 Å². The quantitative estimate of drug-likeness (QED) is 0.223. The number of hydrogen-bond donors (Lipinski definition) is 1. The summed E-state index contributed by atoms with van der Waals surface area (Å²) in [6.07, 6.45) is 4.03. The third-order valence-corrected chi connectivity index (χ3v) is 9.94. The molecule has 2 aliphatic heterocycles. The Morgan fingerprint density at radius 1 is 0.854 bits per heavy atom. The molecule has 0 radical (unpaired) electrons. The Hall–Kier alpha value is -5.57. The van der Waals surface area contributed by atoms with Gasteiger partial charge in [-0.05, 0) is 56.4 Å². The maximum absolute atomic E-state index is 15.2. The van der Waals surface area contributed by atoms with E-state index in [1.807, 2.05) is 113 Å². The van der Waals surface area contributed by atoms with Crippen molar-refractivity contribution in [2.45, 2.75) is 50.5 Å². The first-order chi connectivity index (χ1) is 23.5. The number of hydrogen-bond acceptors (Lipinski definition) is 5. The van der Waals surface area contributed by atoms with Gasteiger partial charge < -0.3 is 9.80 Å². The second-order valence-electron chi connectivity index (χ2n) is 13.1. The van der Waals surface area contributed by atoms with E-state index in [1.165, 1.54) is 5.56 Å². The number of benzene rings is 4. The fourth-order valence-corrected chi connectivity index (χ4v) is 7.48. The van der Waals surface area contributed by atoms with Crippen LogP contribution in [0.3, 0.4) is 0 Å². The Kier molecular flexibility index (Phi) is 7.59. The summed E-state index contributed by atoms with van der Waals surface area (Å²) in [4.78, 5) is 33.3. The number of fused-ring (bicyclic) bond motifs is 4. The lowest BCUT2D eigenvalue weighted by Gasteiger charge is -2.38. The Morgan fingerprint density at radius 2 is 1.56 bits per heavy atom. The molecule has 6 aromatic rings. The van der Waals surface area contributed by atoms with Crippen molar-refractivity contribution in [3.05, 3.63) is 126 Å². The van der Waals surface area contributed by atoms with Gasteiger partial charge in [0.1, 0.15) is 12.0 Å². The normalized spacial score (nSPS) is 19.2. The number of aromatic nitrogens is 5. The first-order valence-electron chi connectivity index (χ1n) is 16.7. The summed E-state index contributed by atoms with van der Waals surface area (Å²) in [5, 5.41) is 18.2. The van der Waals surface area contributed by atoms with Crippen molar-refractivity contribution in [2.75, 3.05) is 18.0 Å². The van der Waals surface area contributed by atoms with Crippen LogP contribution in [0.2, 0.25) is 0 Å². The topological polar surface area (TPSA) is 100 Å². The summed E-state index contributed by atoms with van der Waals surface area (Å²) in [7, 11) is 0. The predicted octanol–water partition coefficient (Wildman–Crippen LogP) is 6.28. The Bertz CT molecular complexity index is 2110. The van der Waals surface area contributed by atoms with Crippen molar-refractivity contribution < 1.29 is 9.59 Å². The van der Waals surface area contributed by atoms with Crippen LogP contribution in [0.15, 0.2) is 109 Å². The molecule has 0 bridgehead atoms. The lowest BCUT2D eigenvalue weighted by atomic mass is 9.82. The zero-order valence-corrected chi connectivity index (χ0v) is 26.9. The molecular formula is C39H37N7O2. The van der Waals surface area contributed by atoms with Crippen LogP contribution in [0.1, 0.15) is 43.3 Å². The summed E-state index contributed by atoms with van der Waals surface area (Å²) in [5.41, 5.74) is 3.95. The largest absolute Gasteiger partial charge is 0.338 e. The van der Waals surface area contributed by atoms with E-state index in [4.69, 9.17) is 5.10 Å². The number of piperidine rings is 1. The molecule has 1 fully saturated rings. The molecule has 0 spiro atoms. The minimum atomic E-state index is -1.21. The molecule has 4 heterocycles. The van der Waals surface area contributed by atoms with Crippen LogP contribution in [0, 0.1) is 0 Å². The Morgan fingerprint density at radius 3 is 2.38 bits per heavy atom. The van der Waals surface area contributed by atoms with Gasteiger partial charge in [-0.15, -0.1) is 10.2 Å². The van der Waals surface area contributed by atoms with E-state index in [2.05, 4.69) is 27.4 Å². The maximum atomic E-state index is 15.2. The summed E-state index contributed by atoms with van der Waals surface area (Å²) in [6.45, 7) is 2.52. The van der Waals surface area contributed by atoms with E-state index < -0.39 is 5.41 Å². The summed E-state index contributed by atoms with van der Waals surface area (Å²) in [5.74, 6) is 0.891. The highest BCUT2D eigenvalue weighted by Gasteiger charge is 2.48. The van der Waals surface area contributed by atoms with Crippen molar-refractivity contribution in [2.24, 2.45) is 0 Å². The summed E-state index contributed by atoms with van der Waals surface area (Å²) < 4.78 is 2.00. The van der Waals surface area contributed by atoms with Crippen LogP contribution in [-0.4, -0.2) is 60.8 Å². The van der Waals surface area contributed by atoms with Gasteiger partial charge in [-0.2, -0.15) is 5.10 Å². The van der Waals surface area contributed by atoms with Gasteiger partial charge in [-0.1, -0.05) is 91.0 Å². The number of aromatic amines is 1. The van der Waals surface area contributed by atoms with Crippen LogP contribution < -0.4 is 4.90 Å². The first-order valence-corrected chi connectivity index (χ1v) is 16.7. The molecule has 1 saturated heterocycles. The van der Waals surface area contributed by atoms with Crippen LogP contribution in [0.25, 0.3) is 28.0 Å². The number of nitrogens with one attached hydrogen (secondary N) is 1. The van der Waals surface area contributed by atoms with Gasteiger partial charge in [0.25, 0.3) is 0 Å². The highest BCUT2D eigenvalue weighted by Crippen LogP contribution is 2.42. The standard InChI is InChI=1S/C39H37N7O2/c1-39(25-32-30-19-8-9-20-31(30)40-41-32)37-43-42-36(28-16-6-3-7-17-28)46(37)34-22-11-10-21-33(34)45(38(39)48)26-35(47)44-23-13-12-18-29(44)24-27-14-4-2-5-15-27/h2-11,14-17,19-22,29H,12-13,18,23-26H2,1H3,(H,40,41). The average molecular weight is 636 g/mol. The van der Waals surface area contributed by atoms with E-state index in [0.29, 0.717) is 23.9 Å². The van der Waals surface area contributed by atoms with Crippen molar-refractivity contribution in [1.29, 1.82) is 0 Å². The zero-order valence-electron chi connectivity index (χ0n) is 26.9. The number of carbonyl (C=O) groups excluding carboxylic acids is 2. The number of para-hydroxylation sites is 3. The molecule has 9 heteroatoms. The van der Waals surface area contributed by atoms with Crippen LogP contribution >= 0.6 is 0 Å². The SMILES string of the molecule is CC1(Cc2n[nH]c3ccccc23)C(=O)N(CC(=O)N2CCCCC2Cc2ccccc2)c2ccccc2-n2c(-c3ccccc3)nnc21. The first kappa shape index (κ1) is 29.8. The molecule has 9 nitrogen and oxygen atoms in total. The summed E-state index contributed by atoms with van der Waals surface area (Å²) >= 11 is 0. The minimum Gasteiger partial charge on any atom is -0.338 e. The maximum Gasteiger partial charge on any atom is 0.242 e. The Labute approximate surface area is 279 Å². The fraction of sp³-hybridized carbons (Fsp3) is 0.256. The molecular weight excluding hydrogens is 598 g/mol. The lowest BCUT2D eigenvalue weighted by molar-refractivity contribution is -0.135. The van der Waals surface area contributed by atoms with E-state index in [1.54, 1.807) is 4.90 Å². The smallest absolute Gasteiger partial charge is 0.242 e. The highest BCUT2D eigenvalue weighted by molar-refractivity contribution is 6.07. The molecule has 0 saturated carbocycles. The van der Waals surface area contributed by atoms with Crippen molar-refractivity contribution in [1.82, 2.24) is 29.9 Å². The fourth-order valence-electron chi connectivity index (χ4n) is 7.48. The van der Waals surface area contributed by atoms with Crippen molar-refractivity contribution in [3.63, 3.8) is 0 Å². The zero-order chi connectivity index (χ0) is 32.7. The number of rotatable bonds is 7. The van der Waals surface area contributed by atoms with E-state index in [-0.39, 0.29) is 30.8 Å². The molecule has 2 amide bonds. The second kappa shape index (κ2) is 12.2. The molecule has 4 aromatic carbocycles. The van der Waals surface area contributed by atoms with Crippen molar-refractivity contribution in [3.8, 4) is 17.1 Å². The number of nitrogens with zero attached hydrogens (tertiary/aromatic N) is 6. The van der Waals surface area contributed by atoms with E-state index >= 15 is 4.79 Å². The lowest BCUT2D eigenvalue weighted by Crippen LogP contribution is -2.53.